The van der Waals surface area contributed by atoms with Crippen LogP contribution in [0.1, 0.15) is 25.8 Å². The predicted octanol–water partition coefficient (Wildman–Crippen LogP) is 1.89. The maximum Gasteiger partial charge on any atom is 0.0638 e. The number of pyridine rings is 1. The van der Waals surface area contributed by atoms with Gasteiger partial charge in [-0.1, -0.05) is 0 Å². The molecule has 1 saturated heterocycles. The van der Waals surface area contributed by atoms with Gasteiger partial charge in [-0.3, -0.25) is 14.8 Å². The van der Waals surface area contributed by atoms with Gasteiger partial charge in [-0.2, -0.15) is 5.26 Å². The van der Waals surface area contributed by atoms with Crippen LogP contribution in [0, 0.1) is 11.3 Å². The number of aromatic nitrogens is 1. The normalized spacial score (nSPS) is 24.0. The number of likely N-dealkylation sites (N-methyl/N-ethyl adjacent to an activating group) is 1. The first-order valence-electron chi connectivity index (χ1n) is 6.74. The highest BCUT2D eigenvalue weighted by Gasteiger charge is 2.36. The molecule has 0 radical (unpaired) electrons. The molecule has 0 saturated carbocycles. The molecule has 0 aromatic carbocycles. The van der Waals surface area contributed by atoms with E-state index in [-0.39, 0.29) is 5.54 Å². The Morgan fingerprint density at radius 3 is 2.74 bits per heavy atom. The first-order chi connectivity index (χ1) is 9.03. The highest BCUT2D eigenvalue weighted by Crippen LogP contribution is 2.26. The van der Waals surface area contributed by atoms with Crippen LogP contribution in [-0.2, 0) is 6.54 Å². The highest BCUT2D eigenvalue weighted by atomic mass is 15.3. The number of hydrogen-bond acceptors (Lipinski definition) is 4. The third-order valence-electron chi connectivity index (χ3n) is 4.00. The molecule has 1 aromatic heterocycles. The topological polar surface area (TPSA) is 43.2 Å². The Balaban J connectivity index is 2.11. The molecule has 1 fully saturated rings. The first-order valence-corrected chi connectivity index (χ1v) is 6.74. The molecule has 0 amide bonds. The summed E-state index contributed by atoms with van der Waals surface area (Å²) in [4.78, 5) is 8.85. The standard InChI is InChI=1S/C15H22N4/c1-15(2)12-18(3)14(4-7-16)11-19(15)10-13-5-8-17-9-6-13/h5-6,8-9,14H,4,10-12H2,1-3H3. The molecule has 1 aliphatic heterocycles. The molecule has 1 atom stereocenters. The van der Waals surface area contributed by atoms with E-state index < -0.39 is 0 Å². The van der Waals surface area contributed by atoms with Crippen LogP contribution in [0.25, 0.3) is 0 Å². The average molecular weight is 258 g/mol. The van der Waals surface area contributed by atoms with Gasteiger partial charge in [-0.15, -0.1) is 0 Å². The summed E-state index contributed by atoms with van der Waals surface area (Å²) in [7, 11) is 2.12. The van der Waals surface area contributed by atoms with Gasteiger partial charge in [-0.25, -0.2) is 0 Å². The van der Waals surface area contributed by atoms with Gasteiger partial charge in [0.2, 0.25) is 0 Å². The van der Waals surface area contributed by atoms with E-state index >= 15 is 0 Å². The van der Waals surface area contributed by atoms with E-state index in [0.717, 1.165) is 19.6 Å². The fourth-order valence-electron chi connectivity index (χ4n) is 2.79. The van der Waals surface area contributed by atoms with Crippen LogP contribution in [0.3, 0.4) is 0 Å². The zero-order valence-corrected chi connectivity index (χ0v) is 12.0. The van der Waals surface area contributed by atoms with E-state index in [2.05, 4.69) is 53.9 Å². The number of hydrogen-bond donors (Lipinski definition) is 0. The zero-order valence-electron chi connectivity index (χ0n) is 12.0. The molecule has 0 aliphatic carbocycles. The molecule has 19 heavy (non-hydrogen) atoms. The Labute approximate surface area is 115 Å². The average Bonchev–Trinajstić information content (AvgIpc) is 2.36. The molecule has 0 spiro atoms. The molecule has 1 unspecified atom stereocenters. The lowest BCUT2D eigenvalue weighted by atomic mass is 9.94. The SMILES string of the molecule is CN1CC(C)(C)N(Cc2ccncc2)CC1CC#N. The number of piperazine rings is 1. The fourth-order valence-corrected chi connectivity index (χ4v) is 2.79. The molecule has 2 heterocycles. The van der Waals surface area contributed by atoms with Gasteiger partial charge in [0.1, 0.15) is 0 Å². The summed E-state index contributed by atoms with van der Waals surface area (Å²) in [6, 6.07) is 6.76. The zero-order chi connectivity index (χ0) is 13.9. The molecular formula is C15H22N4. The van der Waals surface area contributed by atoms with Crippen molar-refractivity contribution in [3.8, 4) is 6.07 Å². The summed E-state index contributed by atoms with van der Waals surface area (Å²) in [5.74, 6) is 0. The fraction of sp³-hybridized carbons (Fsp3) is 0.600. The summed E-state index contributed by atoms with van der Waals surface area (Å²) in [6.45, 7) is 7.40. The number of rotatable bonds is 3. The Bertz CT molecular complexity index is 449. The van der Waals surface area contributed by atoms with Gasteiger partial charge in [0.05, 0.1) is 12.5 Å². The third-order valence-corrected chi connectivity index (χ3v) is 4.00. The second-order valence-corrected chi connectivity index (χ2v) is 5.98. The Morgan fingerprint density at radius 1 is 1.42 bits per heavy atom. The van der Waals surface area contributed by atoms with Gasteiger partial charge in [0, 0.05) is 43.6 Å². The third kappa shape index (κ3) is 3.31. The number of nitrogens with zero attached hydrogens (tertiary/aromatic N) is 4. The van der Waals surface area contributed by atoms with Crippen molar-refractivity contribution in [2.45, 2.75) is 38.4 Å². The molecule has 0 N–H and O–H groups in total. The lowest BCUT2D eigenvalue weighted by molar-refractivity contribution is -0.00898. The van der Waals surface area contributed by atoms with Crippen molar-refractivity contribution < 1.29 is 0 Å². The quantitative estimate of drug-likeness (QED) is 0.830. The van der Waals surface area contributed by atoms with Crippen molar-refractivity contribution in [3.63, 3.8) is 0 Å². The maximum atomic E-state index is 8.94. The van der Waals surface area contributed by atoms with Crippen LogP contribution >= 0.6 is 0 Å². The van der Waals surface area contributed by atoms with Gasteiger partial charge in [-0.05, 0) is 38.6 Å². The highest BCUT2D eigenvalue weighted by molar-refractivity contribution is 5.11. The van der Waals surface area contributed by atoms with Crippen molar-refractivity contribution >= 4 is 0 Å². The molecule has 2 rings (SSSR count). The van der Waals surface area contributed by atoms with Crippen LogP contribution in [-0.4, -0.2) is 46.5 Å². The minimum atomic E-state index is 0.129. The van der Waals surface area contributed by atoms with Gasteiger partial charge < -0.3 is 0 Å². The minimum absolute atomic E-state index is 0.129. The van der Waals surface area contributed by atoms with Gasteiger partial charge >= 0.3 is 0 Å². The van der Waals surface area contributed by atoms with Gasteiger partial charge in [0.15, 0.2) is 0 Å². The van der Waals surface area contributed by atoms with Crippen LogP contribution in [0.5, 0.6) is 0 Å². The first kappa shape index (κ1) is 14.0. The summed E-state index contributed by atoms with van der Waals surface area (Å²) >= 11 is 0. The second kappa shape index (κ2) is 5.68. The van der Waals surface area contributed by atoms with Crippen LogP contribution in [0.4, 0.5) is 0 Å². The molecule has 0 bridgehead atoms. The largest absolute Gasteiger partial charge is 0.299 e. The maximum absolute atomic E-state index is 8.94. The molecule has 4 nitrogen and oxygen atoms in total. The Morgan fingerprint density at radius 2 is 2.11 bits per heavy atom. The van der Waals surface area contributed by atoms with Crippen molar-refractivity contribution in [2.24, 2.45) is 0 Å². The molecule has 4 heteroatoms. The van der Waals surface area contributed by atoms with E-state index in [1.807, 2.05) is 12.4 Å². The van der Waals surface area contributed by atoms with E-state index in [1.54, 1.807) is 0 Å². The lowest BCUT2D eigenvalue weighted by Gasteiger charge is -2.49. The monoisotopic (exact) mass is 258 g/mol. The van der Waals surface area contributed by atoms with Crippen molar-refractivity contribution in [2.75, 3.05) is 20.1 Å². The van der Waals surface area contributed by atoms with E-state index in [0.29, 0.717) is 12.5 Å². The summed E-state index contributed by atoms with van der Waals surface area (Å²) in [5, 5.41) is 8.94. The van der Waals surface area contributed by atoms with E-state index in [1.165, 1.54) is 5.56 Å². The van der Waals surface area contributed by atoms with E-state index in [4.69, 9.17) is 5.26 Å². The summed E-state index contributed by atoms with van der Waals surface area (Å²) in [5.41, 5.74) is 1.41. The molecular weight excluding hydrogens is 236 g/mol. The van der Waals surface area contributed by atoms with Crippen LogP contribution < -0.4 is 0 Å². The lowest BCUT2D eigenvalue weighted by Crippen LogP contribution is -2.61. The second-order valence-electron chi connectivity index (χ2n) is 5.98. The van der Waals surface area contributed by atoms with Crippen molar-refractivity contribution in [1.29, 1.82) is 5.26 Å². The Kier molecular flexibility index (Phi) is 4.18. The minimum Gasteiger partial charge on any atom is -0.299 e. The van der Waals surface area contributed by atoms with E-state index in [9.17, 15) is 0 Å². The molecule has 102 valence electrons. The van der Waals surface area contributed by atoms with Crippen molar-refractivity contribution in [3.05, 3.63) is 30.1 Å². The van der Waals surface area contributed by atoms with Crippen LogP contribution in [0.15, 0.2) is 24.5 Å². The predicted molar refractivity (Wildman–Crippen MR) is 75.4 cm³/mol. The summed E-state index contributed by atoms with van der Waals surface area (Å²) < 4.78 is 0. The molecule has 1 aromatic rings. The van der Waals surface area contributed by atoms with Gasteiger partial charge in [0.25, 0.3) is 0 Å². The number of nitriles is 1. The van der Waals surface area contributed by atoms with Crippen molar-refractivity contribution in [1.82, 2.24) is 14.8 Å². The smallest absolute Gasteiger partial charge is 0.0638 e. The molecule has 1 aliphatic rings. The summed E-state index contributed by atoms with van der Waals surface area (Å²) in [6.07, 6.45) is 4.27. The van der Waals surface area contributed by atoms with Crippen LogP contribution in [0.2, 0.25) is 0 Å². The Hall–Kier alpha value is -1.44.